The molecule has 1 unspecified atom stereocenters. The van der Waals surface area contributed by atoms with Crippen LogP contribution in [0.25, 0.3) is 0 Å². The van der Waals surface area contributed by atoms with E-state index >= 15 is 0 Å². The Balaban J connectivity index is 1.64. The van der Waals surface area contributed by atoms with Crippen LogP contribution < -0.4 is 0 Å². The molecule has 4 saturated carbocycles. The first-order chi connectivity index (χ1) is 14.5. The summed E-state index contributed by atoms with van der Waals surface area (Å²) in [6.07, 6.45) is 6.42. The summed E-state index contributed by atoms with van der Waals surface area (Å²) < 4.78 is 0. The van der Waals surface area contributed by atoms with Gasteiger partial charge in [0.2, 0.25) is 0 Å². The third-order valence-electron chi connectivity index (χ3n) is 10.5. The van der Waals surface area contributed by atoms with Crippen molar-refractivity contribution in [1.29, 1.82) is 0 Å². The molecule has 0 amide bonds. The van der Waals surface area contributed by atoms with Gasteiger partial charge >= 0.3 is 5.97 Å². The van der Waals surface area contributed by atoms with Gasteiger partial charge in [-0.15, -0.1) is 0 Å². The Morgan fingerprint density at radius 2 is 1.84 bits per heavy atom. The van der Waals surface area contributed by atoms with Crippen LogP contribution in [-0.4, -0.2) is 33.9 Å². The van der Waals surface area contributed by atoms with Gasteiger partial charge in [-0.3, -0.25) is 14.4 Å². The smallest absolute Gasteiger partial charge is 0.303 e. The van der Waals surface area contributed by atoms with Crippen LogP contribution >= 0.6 is 0 Å². The fourth-order valence-corrected chi connectivity index (χ4v) is 9.26. The highest BCUT2D eigenvalue weighted by atomic mass is 16.4. The van der Waals surface area contributed by atoms with E-state index in [9.17, 15) is 19.5 Å². The van der Waals surface area contributed by atoms with Gasteiger partial charge in [0.25, 0.3) is 0 Å². The van der Waals surface area contributed by atoms with E-state index in [1.54, 1.807) is 6.92 Å². The highest BCUT2D eigenvalue weighted by Crippen LogP contribution is 2.68. The van der Waals surface area contributed by atoms with Gasteiger partial charge in [0.05, 0.1) is 6.10 Å². The molecule has 5 heteroatoms. The van der Waals surface area contributed by atoms with E-state index in [2.05, 4.69) is 20.8 Å². The van der Waals surface area contributed by atoms with Crippen LogP contribution in [0.4, 0.5) is 0 Å². The van der Waals surface area contributed by atoms with Crippen LogP contribution in [0.1, 0.15) is 85.5 Å². The highest BCUT2D eigenvalue weighted by Gasteiger charge is 2.66. The molecule has 4 rings (SSSR count). The van der Waals surface area contributed by atoms with Crippen LogP contribution in [-0.2, 0) is 14.4 Å². The van der Waals surface area contributed by atoms with Crippen LogP contribution in [0, 0.1) is 52.3 Å². The van der Waals surface area contributed by atoms with Crippen molar-refractivity contribution < 1.29 is 24.6 Å². The van der Waals surface area contributed by atoms with E-state index < -0.39 is 12.1 Å². The second-order valence-corrected chi connectivity index (χ2v) is 11.9. The van der Waals surface area contributed by atoms with Crippen LogP contribution in [0.15, 0.2) is 0 Å². The van der Waals surface area contributed by atoms with Crippen molar-refractivity contribution in [3.05, 3.63) is 0 Å². The number of carbonyl (C=O) groups is 3. The van der Waals surface area contributed by atoms with Gasteiger partial charge in [-0.1, -0.05) is 20.8 Å². The summed E-state index contributed by atoms with van der Waals surface area (Å²) in [5.41, 5.74) is -0.390. The van der Waals surface area contributed by atoms with E-state index in [4.69, 9.17) is 5.11 Å². The molecule has 5 nitrogen and oxygen atoms in total. The summed E-state index contributed by atoms with van der Waals surface area (Å²) in [5.74, 6) is 1.15. The van der Waals surface area contributed by atoms with Crippen LogP contribution in [0.2, 0.25) is 0 Å². The van der Waals surface area contributed by atoms with Crippen molar-refractivity contribution in [2.75, 3.05) is 0 Å². The van der Waals surface area contributed by atoms with Crippen molar-refractivity contribution in [2.24, 2.45) is 52.3 Å². The van der Waals surface area contributed by atoms with E-state index in [-0.39, 0.29) is 40.8 Å². The molecule has 4 aliphatic rings. The monoisotopic (exact) mass is 432 g/mol. The topological polar surface area (TPSA) is 91.7 Å². The number of Topliss-reactive ketones (excluding diaryl/α,β-unsaturated/α-hetero) is 2. The lowest BCUT2D eigenvalue weighted by Gasteiger charge is -2.62. The number of aliphatic hydroxyl groups is 1. The van der Waals surface area contributed by atoms with E-state index in [1.807, 2.05) is 0 Å². The second kappa shape index (κ2) is 7.97. The Labute approximate surface area is 186 Å². The van der Waals surface area contributed by atoms with Gasteiger partial charge in [-0.25, -0.2) is 0 Å². The maximum absolute atomic E-state index is 13.9. The molecule has 10 atom stereocenters. The summed E-state index contributed by atoms with van der Waals surface area (Å²) in [5, 5.41) is 19.6. The predicted molar refractivity (Wildman–Crippen MR) is 117 cm³/mol. The summed E-state index contributed by atoms with van der Waals surface area (Å²) in [6.45, 7) is 8.29. The molecule has 174 valence electrons. The average Bonchev–Trinajstić information content (AvgIpc) is 3.02. The molecule has 4 fully saturated rings. The molecule has 0 aliphatic heterocycles. The number of hydrogen-bond acceptors (Lipinski definition) is 4. The van der Waals surface area contributed by atoms with Crippen molar-refractivity contribution in [2.45, 2.75) is 91.6 Å². The van der Waals surface area contributed by atoms with Gasteiger partial charge in [0.15, 0.2) is 0 Å². The molecular formula is C26H40O5. The molecule has 4 aliphatic carbocycles. The Bertz CT molecular complexity index is 761. The largest absolute Gasteiger partial charge is 0.481 e. The van der Waals surface area contributed by atoms with E-state index in [0.29, 0.717) is 55.1 Å². The fourth-order valence-electron chi connectivity index (χ4n) is 9.26. The van der Waals surface area contributed by atoms with Crippen LogP contribution in [0.3, 0.4) is 0 Å². The minimum absolute atomic E-state index is 0.0563. The summed E-state index contributed by atoms with van der Waals surface area (Å²) in [7, 11) is 0. The minimum atomic E-state index is -0.743. The quantitative estimate of drug-likeness (QED) is 0.667. The summed E-state index contributed by atoms with van der Waals surface area (Å²) in [4.78, 5) is 37.6. The number of carbonyl (C=O) groups excluding carboxylic acids is 2. The van der Waals surface area contributed by atoms with Gasteiger partial charge in [0.1, 0.15) is 11.6 Å². The number of aliphatic hydroxyl groups excluding tert-OH is 1. The third kappa shape index (κ3) is 3.50. The van der Waals surface area contributed by atoms with Crippen molar-refractivity contribution in [3.8, 4) is 0 Å². The molecule has 0 radical (unpaired) electrons. The molecule has 0 heterocycles. The van der Waals surface area contributed by atoms with Crippen LogP contribution in [0.5, 0.6) is 0 Å². The third-order valence-corrected chi connectivity index (χ3v) is 10.5. The van der Waals surface area contributed by atoms with Crippen molar-refractivity contribution in [3.63, 3.8) is 0 Å². The van der Waals surface area contributed by atoms with E-state index in [0.717, 1.165) is 25.7 Å². The van der Waals surface area contributed by atoms with Crippen molar-refractivity contribution in [1.82, 2.24) is 0 Å². The Kier molecular flexibility index (Phi) is 5.90. The predicted octanol–water partition coefficient (Wildman–Crippen LogP) is 4.50. The number of aliphatic carboxylic acids is 1. The average molecular weight is 433 g/mol. The standard InChI is InChI=1S/C26H40O5/c1-14(5-10-23(30)31)19-8-9-20-18-7-6-16-11-17(28)12-21(15(2)27)26(16,4)24(18)22(29)13-25(19,20)3/h14,16-21,24,28H,5-13H2,1-4H3,(H,30,31)/t14-,16-,17+,18+,19-,20+,21?,24-,25-,26-/m1/s1. The zero-order chi connectivity index (χ0) is 22.7. The highest BCUT2D eigenvalue weighted by molar-refractivity contribution is 5.86. The normalized spacial score (nSPS) is 47.8. The molecule has 0 spiro atoms. The van der Waals surface area contributed by atoms with E-state index in [1.165, 1.54) is 0 Å². The molecule has 0 aromatic rings. The number of ketones is 2. The lowest BCUT2D eigenvalue weighted by molar-refractivity contribution is -0.176. The zero-order valence-corrected chi connectivity index (χ0v) is 19.6. The van der Waals surface area contributed by atoms with Crippen molar-refractivity contribution >= 4 is 17.5 Å². The Morgan fingerprint density at radius 3 is 2.48 bits per heavy atom. The first kappa shape index (κ1) is 22.9. The number of rotatable bonds is 5. The molecule has 0 aromatic heterocycles. The van der Waals surface area contributed by atoms with Gasteiger partial charge < -0.3 is 10.2 Å². The first-order valence-corrected chi connectivity index (χ1v) is 12.4. The molecule has 31 heavy (non-hydrogen) atoms. The summed E-state index contributed by atoms with van der Waals surface area (Å²) in [6, 6.07) is 0. The summed E-state index contributed by atoms with van der Waals surface area (Å²) >= 11 is 0. The molecule has 2 N–H and O–H groups in total. The second-order valence-electron chi connectivity index (χ2n) is 11.9. The maximum atomic E-state index is 13.9. The number of fused-ring (bicyclic) bond motifs is 5. The Morgan fingerprint density at radius 1 is 1.13 bits per heavy atom. The molecule has 0 aromatic carbocycles. The number of carboxylic acid groups (broad SMARTS) is 1. The lowest BCUT2D eigenvalue weighted by atomic mass is 9.41. The minimum Gasteiger partial charge on any atom is -0.481 e. The molecule has 0 bridgehead atoms. The molecule has 0 saturated heterocycles. The SMILES string of the molecule is CC(=O)C1C[C@@H](O)C[C@H]2CC[C@H]3[C@@H]4CC[C@H]([C@H](C)CCC(=O)O)[C@@]4(C)CC(=O)[C@@H]3[C@@]12C. The number of carboxylic acids is 1. The lowest BCUT2D eigenvalue weighted by Crippen LogP contribution is -2.61. The molecular weight excluding hydrogens is 392 g/mol. The maximum Gasteiger partial charge on any atom is 0.303 e. The first-order valence-electron chi connectivity index (χ1n) is 12.4. The number of hydrogen-bond donors (Lipinski definition) is 2. The Hall–Kier alpha value is -1.23. The van der Waals surface area contributed by atoms with Gasteiger partial charge in [0, 0.05) is 24.7 Å². The fraction of sp³-hybridized carbons (Fsp3) is 0.885. The van der Waals surface area contributed by atoms with Gasteiger partial charge in [-0.2, -0.15) is 0 Å². The zero-order valence-electron chi connectivity index (χ0n) is 19.6. The van der Waals surface area contributed by atoms with Gasteiger partial charge in [-0.05, 0) is 92.3 Å².